The molecular weight excluding hydrogens is 252 g/mol. The number of nitriles is 1. The number of rotatable bonds is 7. The molecule has 1 rings (SSSR count). The molecule has 0 fully saturated rings. The summed E-state index contributed by atoms with van der Waals surface area (Å²) in [7, 11) is 0. The third kappa shape index (κ3) is 4.85. The number of hydrogen-bond acceptors (Lipinski definition) is 4. The molecule has 4 nitrogen and oxygen atoms in total. The summed E-state index contributed by atoms with van der Waals surface area (Å²) in [5, 5.41) is 8.99. The molecule has 0 aliphatic heterocycles. The van der Waals surface area contributed by atoms with E-state index in [2.05, 4.69) is 11.9 Å². The zero-order valence-corrected chi connectivity index (χ0v) is 12.0. The first kappa shape index (κ1) is 15.9. The Kier molecular flexibility index (Phi) is 7.05. The Bertz CT molecular complexity index is 477. The van der Waals surface area contributed by atoms with Crippen molar-refractivity contribution in [2.45, 2.75) is 32.7 Å². The number of carbonyl (C=O) groups is 1. The van der Waals surface area contributed by atoms with Gasteiger partial charge < -0.3 is 4.74 Å². The van der Waals surface area contributed by atoms with E-state index in [1.165, 1.54) is 6.21 Å². The van der Waals surface area contributed by atoms with E-state index in [-0.39, 0.29) is 12.6 Å². The molecule has 1 unspecified atom stereocenters. The Labute approximate surface area is 120 Å². The fraction of sp³-hybridized carbons (Fsp3) is 0.438. The van der Waals surface area contributed by atoms with Crippen LogP contribution in [0.3, 0.4) is 0 Å². The predicted molar refractivity (Wildman–Crippen MR) is 78.3 cm³/mol. The first-order valence-electron chi connectivity index (χ1n) is 6.87. The van der Waals surface area contributed by atoms with Crippen molar-refractivity contribution < 1.29 is 9.53 Å². The molecule has 1 aromatic rings. The van der Waals surface area contributed by atoms with Crippen LogP contribution in [0.15, 0.2) is 35.3 Å². The third-order valence-electron chi connectivity index (χ3n) is 2.84. The standard InChI is InChI=1S/C16H20N2O2/c1-3-8-15(13-9-6-5-7-10-13)18-12-14(11-17)16(19)20-4-2/h5-7,9-10,12,14-15H,3-4,8H2,1-2H3/t14?,15-/m0/s1. The zero-order chi connectivity index (χ0) is 14.8. The minimum absolute atomic E-state index is 0.0218. The van der Waals surface area contributed by atoms with Crippen molar-refractivity contribution in [2.75, 3.05) is 6.61 Å². The van der Waals surface area contributed by atoms with Gasteiger partial charge in [-0.3, -0.25) is 9.79 Å². The number of carbonyl (C=O) groups excluding carboxylic acids is 1. The van der Waals surface area contributed by atoms with Gasteiger partial charge in [0, 0.05) is 6.21 Å². The first-order chi connectivity index (χ1) is 9.72. The maximum Gasteiger partial charge on any atom is 0.328 e. The molecule has 106 valence electrons. The number of ether oxygens (including phenoxy) is 1. The van der Waals surface area contributed by atoms with Crippen LogP contribution in [-0.2, 0) is 9.53 Å². The summed E-state index contributed by atoms with van der Waals surface area (Å²) in [6.07, 6.45) is 3.26. The molecule has 0 saturated carbocycles. The number of esters is 1. The molecular formula is C16H20N2O2. The Morgan fingerprint density at radius 1 is 1.40 bits per heavy atom. The van der Waals surface area contributed by atoms with Gasteiger partial charge >= 0.3 is 5.97 Å². The monoisotopic (exact) mass is 272 g/mol. The predicted octanol–water partition coefficient (Wildman–Crippen LogP) is 3.30. The minimum atomic E-state index is -0.932. The SMILES string of the molecule is CCC[C@H](N=CC(C#N)C(=O)OCC)c1ccccc1. The molecule has 0 spiro atoms. The molecule has 0 radical (unpaired) electrons. The van der Waals surface area contributed by atoms with Crippen LogP contribution >= 0.6 is 0 Å². The van der Waals surface area contributed by atoms with E-state index in [0.29, 0.717) is 0 Å². The minimum Gasteiger partial charge on any atom is -0.465 e. The summed E-state index contributed by atoms with van der Waals surface area (Å²) >= 11 is 0. The van der Waals surface area contributed by atoms with Crippen LogP contribution in [0.4, 0.5) is 0 Å². The molecule has 2 atom stereocenters. The van der Waals surface area contributed by atoms with Gasteiger partial charge in [0.05, 0.1) is 18.7 Å². The molecule has 0 heterocycles. The lowest BCUT2D eigenvalue weighted by atomic mass is 10.0. The Hall–Kier alpha value is -2.15. The number of benzene rings is 1. The maximum absolute atomic E-state index is 11.5. The smallest absolute Gasteiger partial charge is 0.328 e. The molecule has 0 aliphatic rings. The Balaban J connectivity index is 2.81. The summed E-state index contributed by atoms with van der Waals surface area (Å²) in [6, 6.07) is 11.8. The van der Waals surface area contributed by atoms with Gasteiger partial charge in [-0.15, -0.1) is 0 Å². The molecule has 0 aromatic heterocycles. The van der Waals surface area contributed by atoms with E-state index in [0.717, 1.165) is 18.4 Å². The van der Waals surface area contributed by atoms with Crippen molar-refractivity contribution >= 4 is 12.2 Å². The number of aliphatic imine (C=N–C) groups is 1. The lowest BCUT2D eigenvalue weighted by Gasteiger charge is -2.12. The van der Waals surface area contributed by atoms with Gasteiger partial charge in [0.2, 0.25) is 0 Å². The average Bonchev–Trinajstić information content (AvgIpc) is 2.48. The van der Waals surface area contributed by atoms with Gasteiger partial charge in [-0.2, -0.15) is 5.26 Å². The molecule has 20 heavy (non-hydrogen) atoms. The highest BCUT2D eigenvalue weighted by molar-refractivity contribution is 5.92. The van der Waals surface area contributed by atoms with Crippen LogP contribution in [0.2, 0.25) is 0 Å². The van der Waals surface area contributed by atoms with Crippen LogP contribution in [0.1, 0.15) is 38.3 Å². The van der Waals surface area contributed by atoms with Gasteiger partial charge in [0.1, 0.15) is 0 Å². The molecule has 0 N–H and O–H groups in total. The van der Waals surface area contributed by atoms with Crippen molar-refractivity contribution in [2.24, 2.45) is 10.9 Å². The lowest BCUT2D eigenvalue weighted by molar-refractivity contribution is -0.143. The van der Waals surface area contributed by atoms with Crippen molar-refractivity contribution in [3.8, 4) is 6.07 Å². The second-order valence-electron chi connectivity index (χ2n) is 4.37. The fourth-order valence-corrected chi connectivity index (χ4v) is 1.84. The number of hydrogen-bond donors (Lipinski definition) is 0. The highest BCUT2D eigenvalue weighted by atomic mass is 16.5. The van der Waals surface area contributed by atoms with Crippen molar-refractivity contribution in [1.29, 1.82) is 5.26 Å². The van der Waals surface area contributed by atoms with Crippen LogP contribution in [0, 0.1) is 17.2 Å². The molecule has 0 aliphatic carbocycles. The van der Waals surface area contributed by atoms with Crippen molar-refractivity contribution in [1.82, 2.24) is 0 Å². The normalized spacial score (nSPS) is 13.7. The largest absolute Gasteiger partial charge is 0.465 e. The van der Waals surface area contributed by atoms with E-state index in [1.54, 1.807) is 6.92 Å². The molecule has 1 aromatic carbocycles. The fourth-order valence-electron chi connectivity index (χ4n) is 1.84. The Morgan fingerprint density at radius 2 is 2.10 bits per heavy atom. The van der Waals surface area contributed by atoms with Crippen molar-refractivity contribution in [3.05, 3.63) is 35.9 Å². The average molecular weight is 272 g/mol. The van der Waals surface area contributed by atoms with Crippen LogP contribution < -0.4 is 0 Å². The first-order valence-corrected chi connectivity index (χ1v) is 6.87. The second kappa shape index (κ2) is 8.87. The number of nitrogens with zero attached hydrogens (tertiary/aromatic N) is 2. The summed E-state index contributed by atoms with van der Waals surface area (Å²) in [4.78, 5) is 16.0. The van der Waals surface area contributed by atoms with Crippen molar-refractivity contribution in [3.63, 3.8) is 0 Å². The van der Waals surface area contributed by atoms with E-state index in [1.807, 2.05) is 36.4 Å². The van der Waals surface area contributed by atoms with Crippen LogP contribution in [-0.4, -0.2) is 18.8 Å². The summed E-state index contributed by atoms with van der Waals surface area (Å²) in [5.41, 5.74) is 1.09. The molecule has 0 bridgehead atoms. The second-order valence-corrected chi connectivity index (χ2v) is 4.37. The third-order valence-corrected chi connectivity index (χ3v) is 2.84. The van der Waals surface area contributed by atoms with Crippen LogP contribution in [0.25, 0.3) is 0 Å². The summed E-state index contributed by atoms with van der Waals surface area (Å²) < 4.78 is 4.84. The molecule has 0 saturated heterocycles. The molecule has 0 amide bonds. The van der Waals surface area contributed by atoms with Gasteiger partial charge in [-0.05, 0) is 18.9 Å². The van der Waals surface area contributed by atoms with E-state index in [9.17, 15) is 4.79 Å². The van der Waals surface area contributed by atoms with Gasteiger partial charge in [0.25, 0.3) is 0 Å². The van der Waals surface area contributed by atoms with E-state index in [4.69, 9.17) is 10.00 Å². The summed E-state index contributed by atoms with van der Waals surface area (Å²) in [6.45, 7) is 4.06. The van der Waals surface area contributed by atoms with Gasteiger partial charge in [0.15, 0.2) is 5.92 Å². The van der Waals surface area contributed by atoms with Gasteiger partial charge in [-0.1, -0.05) is 43.7 Å². The molecule has 4 heteroatoms. The van der Waals surface area contributed by atoms with Crippen LogP contribution in [0.5, 0.6) is 0 Å². The van der Waals surface area contributed by atoms with E-state index < -0.39 is 11.9 Å². The lowest BCUT2D eigenvalue weighted by Crippen LogP contribution is -2.17. The van der Waals surface area contributed by atoms with Gasteiger partial charge in [-0.25, -0.2) is 0 Å². The topological polar surface area (TPSA) is 62.5 Å². The Morgan fingerprint density at radius 3 is 2.65 bits per heavy atom. The zero-order valence-electron chi connectivity index (χ0n) is 12.0. The highest BCUT2D eigenvalue weighted by Gasteiger charge is 2.17. The quantitative estimate of drug-likeness (QED) is 0.565. The maximum atomic E-state index is 11.5. The van der Waals surface area contributed by atoms with E-state index >= 15 is 0 Å². The highest BCUT2D eigenvalue weighted by Crippen LogP contribution is 2.22. The summed E-state index contributed by atoms with van der Waals surface area (Å²) in [5.74, 6) is -1.47.